The average molecular weight is 322 g/mol. The van der Waals surface area contributed by atoms with Crippen molar-refractivity contribution in [3.63, 3.8) is 0 Å². The lowest BCUT2D eigenvalue weighted by Crippen LogP contribution is -2.41. The smallest absolute Gasteiger partial charge is 0.126 e. The fraction of sp³-hybridized carbons (Fsp3) is 0.588. The standard InChI is InChI=1S/C17H24ClN3O/c1-11(19-14-6-4-3-5-12(14)10-22)17-20-15-9-13(18)7-8-16(15)21(17)2/h7-9,11-12,14,19,22H,3-6,10H2,1-2H3. The highest BCUT2D eigenvalue weighted by atomic mass is 35.5. The summed E-state index contributed by atoms with van der Waals surface area (Å²) >= 11 is 6.06. The van der Waals surface area contributed by atoms with Crippen molar-refractivity contribution in [1.82, 2.24) is 14.9 Å². The Morgan fingerprint density at radius 2 is 2.18 bits per heavy atom. The number of nitrogens with one attached hydrogen (secondary N) is 1. The van der Waals surface area contributed by atoms with E-state index >= 15 is 0 Å². The summed E-state index contributed by atoms with van der Waals surface area (Å²) in [5.41, 5.74) is 2.02. The van der Waals surface area contributed by atoms with E-state index in [1.165, 1.54) is 12.8 Å². The predicted octanol–water partition coefficient (Wildman–Crippen LogP) is 3.43. The van der Waals surface area contributed by atoms with Crippen LogP contribution >= 0.6 is 11.6 Å². The third-order valence-corrected chi connectivity index (χ3v) is 5.11. The number of benzene rings is 1. The van der Waals surface area contributed by atoms with Crippen molar-refractivity contribution in [2.24, 2.45) is 13.0 Å². The first-order chi connectivity index (χ1) is 10.6. The Kier molecular flexibility index (Phi) is 4.71. The SMILES string of the molecule is CC(NC1CCCCC1CO)c1nc2cc(Cl)ccc2n1C. The maximum Gasteiger partial charge on any atom is 0.126 e. The van der Waals surface area contributed by atoms with Gasteiger partial charge in [0.25, 0.3) is 0 Å². The van der Waals surface area contributed by atoms with E-state index < -0.39 is 0 Å². The zero-order valence-electron chi connectivity index (χ0n) is 13.2. The first-order valence-electron chi connectivity index (χ1n) is 8.09. The first-order valence-corrected chi connectivity index (χ1v) is 8.46. The van der Waals surface area contributed by atoms with Crippen LogP contribution in [0.2, 0.25) is 5.02 Å². The number of aliphatic hydroxyl groups is 1. The molecule has 120 valence electrons. The molecule has 1 aliphatic rings. The minimum absolute atomic E-state index is 0.147. The normalized spacial score (nSPS) is 23.8. The predicted molar refractivity (Wildman–Crippen MR) is 90.1 cm³/mol. The molecule has 0 radical (unpaired) electrons. The summed E-state index contributed by atoms with van der Waals surface area (Å²) in [7, 11) is 2.04. The first kappa shape index (κ1) is 15.8. The molecule has 5 heteroatoms. The third kappa shape index (κ3) is 3.00. The third-order valence-electron chi connectivity index (χ3n) is 4.87. The number of aliphatic hydroxyl groups excluding tert-OH is 1. The molecule has 3 atom stereocenters. The lowest BCUT2D eigenvalue weighted by atomic mass is 9.84. The van der Waals surface area contributed by atoms with Gasteiger partial charge in [-0.2, -0.15) is 0 Å². The van der Waals surface area contributed by atoms with E-state index in [2.05, 4.69) is 16.8 Å². The fourth-order valence-electron chi connectivity index (χ4n) is 3.62. The lowest BCUT2D eigenvalue weighted by Gasteiger charge is -2.33. The number of nitrogens with zero attached hydrogens (tertiary/aromatic N) is 2. The van der Waals surface area contributed by atoms with Crippen molar-refractivity contribution < 1.29 is 5.11 Å². The minimum Gasteiger partial charge on any atom is -0.396 e. The summed E-state index contributed by atoms with van der Waals surface area (Å²) in [6, 6.07) is 6.34. The second kappa shape index (κ2) is 6.57. The Morgan fingerprint density at radius 1 is 1.41 bits per heavy atom. The molecule has 3 unspecified atom stereocenters. The number of hydrogen-bond donors (Lipinski definition) is 2. The van der Waals surface area contributed by atoms with Gasteiger partial charge in [0.05, 0.1) is 17.1 Å². The van der Waals surface area contributed by atoms with E-state index in [1.54, 1.807) is 0 Å². The van der Waals surface area contributed by atoms with Gasteiger partial charge in [-0.25, -0.2) is 4.98 Å². The molecule has 0 bridgehead atoms. The average Bonchev–Trinajstić information content (AvgIpc) is 2.84. The van der Waals surface area contributed by atoms with Crippen LogP contribution in [0.1, 0.15) is 44.5 Å². The fourth-order valence-corrected chi connectivity index (χ4v) is 3.79. The van der Waals surface area contributed by atoms with Gasteiger partial charge in [-0.3, -0.25) is 0 Å². The minimum atomic E-state index is 0.147. The van der Waals surface area contributed by atoms with E-state index in [-0.39, 0.29) is 12.6 Å². The quantitative estimate of drug-likeness (QED) is 0.907. The van der Waals surface area contributed by atoms with Crippen LogP contribution in [-0.2, 0) is 7.05 Å². The highest BCUT2D eigenvalue weighted by Gasteiger charge is 2.27. The van der Waals surface area contributed by atoms with E-state index in [0.717, 1.165) is 29.7 Å². The van der Waals surface area contributed by atoms with Crippen molar-refractivity contribution in [3.05, 3.63) is 29.0 Å². The number of aromatic nitrogens is 2. The number of imidazole rings is 1. The summed E-state index contributed by atoms with van der Waals surface area (Å²) in [6.45, 7) is 2.41. The van der Waals surface area contributed by atoms with Gasteiger partial charge in [-0.15, -0.1) is 0 Å². The molecule has 1 fully saturated rings. The summed E-state index contributed by atoms with van der Waals surface area (Å²) in [5.74, 6) is 1.37. The van der Waals surface area contributed by atoms with Crippen molar-refractivity contribution in [2.75, 3.05) is 6.61 Å². The Bertz CT molecular complexity index is 655. The van der Waals surface area contributed by atoms with E-state index in [1.807, 2.05) is 25.2 Å². The van der Waals surface area contributed by atoms with E-state index in [0.29, 0.717) is 17.0 Å². The molecule has 0 amide bonds. The van der Waals surface area contributed by atoms with Gasteiger partial charge in [-0.05, 0) is 43.9 Å². The Balaban J connectivity index is 1.82. The van der Waals surface area contributed by atoms with E-state index in [4.69, 9.17) is 16.6 Å². The highest BCUT2D eigenvalue weighted by molar-refractivity contribution is 6.31. The van der Waals surface area contributed by atoms with Crippen LogP contribution in [0.4, 0.5) is 0 Å². The molecule has 22 heavy (non-hydrogen) atoms. The second-order valence-electron chi connectivity index (χ2n) is 6.38. The number of hydrogen-bond acceptors (Lipinski definition) is 3. The van der Waals surface area contributed by atoms with Crippen LogP contribution in [0, 0.1) is 5.92 Å². The monoisotopic (exact) mass is 321 g/mol. The zero-order valence-corrected chi connectivity index (χ0v) is 14.0. The Morgan fingerprint density at radius 3 is 2.95 bits per heavy atom. The van der Waals surface area contributed by atoms with Gasteiger partial charge in [0.1, 0.15) is 5.82 Å². The molecule has 1 saturated carbocycles. The number of aryl methyl sites for hydroxylation is 1. The topological polar surface area (TPSA) is 50.1 Å². The molecule has 0 spiro atoms. The van der Waals surface area contributed by atoms with Gasteiger partial charge in [0, 0.05) is 24.7 Å². The molecule has 4 nitrogen and oxygen atoms in total. The van der Waals surface area contributed by atoms with Gasteiger partial charge in [0.15, 0.2) is 0 Å². The molecule has 2 N–H and O–H groups in total. The van der Waals surface area contributed by atoms with Gasteiger partial charge in [-0.1, -0.05) is 24.4 Å². The molecule has 1 aromatic heterocycles. The van der Waals surface area contributed by atoms with Crippen molar-refractivity contribution in [2.45, 2.75) is 44.7 Å². The van der Waals surface area contributed by atoms with E-state index in [9.17, 15) is 5.11 Å². The second-order valence-corrected chi connectivity index (χ2v) is 6.82. The zero-order chi connectivity index (χ0) is 15.7. The molecule has 1 aliphatic carbocycles. The maximum atomic E-state index is 9.57. The molecule has 1 heterocycles. The highest BCUT2D eigenvalue weighted by Crippen LogP contribution is 2.27. The summed E-state index contributed by atoms with van der Waals surface area (Å²) in [6.07, 6.45) is 4.70. The van der Waals surface area contributed by atoms with Crippen LogP contribution in [-0.4, -0.2) is 27.3 Å². The Labute approximate surface area is 136 Å². The van der Waals surface area contributed by atoms with Crippen molar-refractivity contribution >= 4 is 22.6 Å². The largest absolute Gasteiger partial charge is 0.396 e. The molecular weight excluding hydrogens is 298 g/mol. The molecule has 0 aliphatic heterocycles. The molecule has 0 saturated heterocycles. The number of halogens is 1. The van der Waals surface area contributed by atoms with Crippen LogP contribution < -0.4 is 5.32 Å². The summed E-state index contributed by atoms with van der Waals surface area (Å²) in [5, 5.41) is 14.0. The van der Waals surface area contributed by atoms with Gasteiger partial charge < -0.3 is 15.0 Å². The molecule has 3 rings (SSSR count). The van der Waals surface area contributed by atoms with Gasteiger partial charge >= 0.3 is 0 Å². The number of rotatable bonds is 4. The number of fused-ring (bicyclic) bond motifs is 1. The van der Waals surface area contributed by atoms with Crippen molar-refractivity contribution in [3.8, 4) is 0 Å². The molecule has 1 aromatic carbocycles. The summed E-state index contributed by atoms with van der Waals surface area (Å²) in [4.78, 5) is 4.74. The maximum absolute atomic E-state index is 9.57. The molecular formula is C17H24ClN3O. The molecule has 2 aromatic rings. The van der Waals surface area contributed by atoms with Crippen LogP contribution in [0.5, 0.6) is 0 Å². The van der Waals surface area contributed by atoms with Crippen LogP contribution in [0.25, 0.3) is 11.0 Å². The lowest BCUT2D eigenvalue weighted by molar-refractivity contribution is 0.146. The van der Waals surface area contributed by atoms with Crippen LogP contribution in [0.15, 0.2) is 18.2 Å². The van der Waals surface area contributed by atoms with Crippen LogP contribution in [0.3, 0.4) is 0 Å². The summed E-state index contributed by atoms with van der Waals surface area (Å²) < 4.78 is 2.13. The Hall–Kier alpha value is -1.10. The van der Waals surface area contributed by atoms with Gasteiger partial charge in [0.2, 0.25) is 0 Å². The van der Waals surface area contributed by atoms with Crippen molar-refractivity contribution in [1.29, 1.82) is 0 Å².